The molecule has 0 aliphatic heterocycles. The van der Waals surface area contributed by atoms with E-state index in [1.165, 1.54) is 0 Å². The molecule has 0 aliphatic rings. The van der Waals surface area contributed by atoms with Crippen molar-refractivity contribution in [2.24, 2.45) is 5.73 Å². The number of thiol groups is 1. The topological polar surface area (TPSA) is 72.2 Å². The minimum Gasteiger partial charge on any atom is -0.368 e. The van der Waals surface area contributed by atoms with Crippen molar-refractivity contribution in [3.8, 4) is 0 Å². The average molecular weight is 238 g/mol. The number of primary amides is 1. The number of nitrogens with two attached hydrogens (primary N) is 1. The maximum Gasteiger partial charge on any atom is 0.252 e. The Morgan fingerprint density at radius 1 is 1.25 bits per heavy atom. The van der Waals surface area contributed by atoms with Crippen molar-refractivity contribution < 1.29 is 9.59 Å². The fourth-order valence-electron chi connectivity index (χ4n) is 1.03. The van der Waals surface area contributed by atoms with Gasteiger partial charge in [0.05, 0.1) is 0 Å². The first kappa shape index (κ1) is 12.6. The molecule has 2 amide bonds. The Morgan fingerprint density at radius 2 is 1.75 bits per heavy atom. The summed E-state index contributed by atoms with van der Waals surface area (Å²) in [6, 6.07) is 6.67. The van der Waals surface area contributed by atoms with Crippen LogP contribution < -0.4 is 11.1 Å². The number of carbonyl (C=O) groups excluding carboxylic acids is 2. The molecule has 0 radical (unpaired) electrons. The summed E-state index contributed by atoms with van der Waals surface area (Å²) in [6.07, 6.45) is 0. The van der Waals surface area contributed by atoms with Gasteiger partial charge in [-0.3, -0.25) is 9.59 Å². The van der Waals surface area contributed by atoms with Gasteiger partial charge in [0.2, 0.25) is 5.91 Å². The summed E-state index contributed by atoms with van der Waals surface area (Å²) >= 11 is 4.11. The van der Waals surface area contributed by atoms with Crippen LogP contribution in [0.15, 0.2) is 29.2 Å². The Morgan fingerprint density at radius 3 is 2.19 bits per heavy atom. The summed E-state index contributed by atoms with van der Waals surface area (Å²) in [5.41, 5.74) is 4.56. The summed E-state index contributed by atoms with van der Waals surface area (Å²) in [5, 5.41) is 2.55. The second-order valence-corrected chi connectivity index (χ2v) is 4.51. The normalized spacial score (nSPS) is 10.9. The van der Waals surface area contributed by atoms with Crippen molar-refractivity contribution in [1.82, 2.24) is 5.32 Å². The number of hydrogen-bond donors (Lipinski definition) is 3. The van der Waals surface area contributed by atoms with Crippen LogP contribution in [-0.2, 0) is 4.79 Å². The number of benzene rings is 1. The van der Waals surface area contributed by atoms with Crippen molar-refractivity contribution in [2.45, 2.75) is 24.3 Å². The van der Waals surface area contributed by atoms with Crippen molar-refractivity contribution in [3.63, 3.8) is 0 Å². The highest BCUT2D eigenvalue weighted by atomic mass is 32.1. The molecule has 0 atom stereocenters. The lowest BCUT2D eigenvalue weighted by Gasteiger charge is -2.22. The first-order valence-corrected chi connectivity index (χ1v) is 5.19. The summed E-state index contributed by atoms with van der Waals surface area (Å²) in [4.78, 5) is 23.5. The number of rotatable bonds is 3. The van der Waals surface area contributed by atoms with Gasteiger partial charge in [0.1, 0.15) is 5.54 Å². The molecule has 5 heteroatoms. The average Bonchev–Trinajstić information content (AvgIpc) is 2.17. The highest BCUT2D eigenvalue weighted by Crippen LogP contribution is 2.09. The molecule has 0 bridgehead atoms. The Balaban J connectivity index is 2.81. The standard InChI is InChI=1S/C11H14N2O2S/c1-11(2,10(12)15)13-9(14)7-3-5-8(16)6-4-7/h3-6,16H,1-2H3,(H2,12,15)(H,13,14). The lowest BCUT2D eigenvalue weighted by Crippen LogP contribution is -2.52. The molecule has 0 fully saturated rings. The monoisotopic (exact) mass is 238 g/mol. The Labute approximate surface area is 99.6 Å². The summed E-state index contributed by atoms with van der Waals surface area (Å²) in [7, 11) is 0. The first-order chi connectivity index (χ1) is 7.33. The molecule has 16 heavy (non-hydrogen) atoms. The molecule has 1 aromatic carbocycles. The van der Waals surface area contributed by atoms with Gasteiger partial charge in [0, 0.05) is 10.5 Å². The zero-order valence-electron chi connectivity index (χ0n) is 9.15. The molecular formula is C11H14N2O2S. The highest BCUT2D eigenvalue weighted by molar-refractivity contribution is 7.80. The zero-order chi connectivity index (χ0) is 12.3. The van der Waals surface area contributed by atoms with Crippen LogP contribution in [0.1, 0.15) is 24.2 Å². The third kappa shape index (κ3) is 3.00. The summed E-state index contributed by atoms with van der Waals surface area (Å²) in [5.74, 6) is -0.913. The van der Waals surface area contributed by atoms with Gasteiger partial charge in [0.25, 0.3) is 5.91 Å². The van der Waals surface area contributed by atoms with Crippen LogP contribution in [0.25, 0.3) is 0 Å². The number of nitrogens with one attached hydrogen (secondary N) is 1. The van der Waals surface area contributed by atoms with Gasteiger partial charge in [0.15, 0.2) is 0 Å². The highest BCUT2D eigenvalue weighted by Gasteiger charge is 2.27. The van der Waals surface area contributed by atoms with Gasteiger partial charge in [-0.1, -0.05) is 0 Å². The van der Waals surface area contributed by atoms with E-state index in [0.717, 1.165) is 4.90 Å². The largest absolute Gasteiger partial charge is 0.368 e. The molecule has 1 rings (SSSR count). The molecule has 3 N–H and O–H groups in total. The molecular weight excluding hydrogens is 224 g/mol. The van der Waals surface area contributed by atoms with Gasteiger partial charge in [-0.05, 0) is 38.1 Å². The third-order valence-electron chi connectivity index (χ3n) is 2.17. The summed E-state index contributed by atoms with van der Waals surface area (Å²) < 4.78 is 0. The smallest absolute Gasteiger partial charge is 0.252 e. The van der Waals surface area contributed by atoms with E-state index in [2.05, 4.69) is 17.9 Å². The minimum atomic E-state index is -1.06. The maximum atomic E-state index is 11.7. The molecule has 86 valence electrons. The Kier molecular flexibility index (Phi) is 3.59. The quantitative estimate of drug-likeness (QED) is 0.687. The molecule has 0 unspecified atom stereocenters. The molecule has 1 aromatic rings. The molecule has 0 heterocycles. The van der Waals surface area contributed by atoms with Gasteiger partial charge < -0.3 is 11.1 Å². The van der Waals surface area contributed by atoms with Crippen LogP contribution in [0.4, 0.5) is 0 Å². The second kappa shape index (κ2) is 4.57. The van der Waals surface area contributed by atoms with E-state index in [-0.39, 0.29) is 5.91 Å². The lowest BCUT2D eigenvalue weighted by molar-refractivity contribution is -0.122. The van der Waals surface area contributed by atoms with Crippen LogP contribution in [0, 0.1) is 0 Å². The van der Waals surface area contributed by atoms with Crippen LogP contribution in [0.2, 0.25) is 0 Å². The van der Waals surface area contributed by atoms with E-state index in [1.54, 1.807) is 38.1 Å². The van der Waals surface area contributed by atoms with E-state index in [0.29, 0.717) is 5.56 Å². The van der Waals surface area contributed by atoms with Gasteiger partial charge >= 0.3 is 0 Å². The van der Waals surface area contributed by atoms with Gasteiger partial charge in [-0.25, -0.2) is 0 Å². The van der Waals surface area contributed by atoms with E-state index in [1.807, 2.05) is 0 Å². The van der Waals surface area contributed by atoms with Crippen molar-refractivity contribution in [2.75, 3.05) is 0 Å². The minimum absolute atomic E-state index is 0.336. The molecule has 0 saturated carbocycles. The predicted octanol–water partition coefficient (Wildman–Crippen LogP) is 0.969. The second-order valence-electron chi connectivity index (χ2n) is 3.99. The Hall–Kier alpha value is -1.49. The van der Waals surface area contributed by atoms with Crippen LogP contribution in [-0.4, -0.2) is 17.4 Å². The van der Waals surface area contributed by atoms with E-state index in [9.17, 15) is 9.59 Å². The maximum absolute atomic E-state index is 11.7. The molecule has 0 aromatic heterocycles. The molecule has 0 saturated heterocycles. The number of hydrogen-bond acceptors (Lipinski definition) is 3. The molecule has 0 spiro atoms. The molecule has 0 aliphatic carbocycles. The van der Waals surface area contributed by atoms with E-state index in [4.69, 9.17) is 5.73 Å². The van der Waals surface area contributed by atoms with Crippen LogP contribution in [0.3, 0.4) is 0 Å². The van der Waals surface area contributed by atoms with Crippen molar-refractivity contribution in [1.29, 1.82) is 0 Å². The van der Waals surface area contributed by atoms with Crippen molar-refractivity contribution >= 4 is 24.4 Å². The van der Waals surface area contributed by atoms with Gasteiger partial charge in [-0.15, -0.1) is 12.6 Å². The predicted molar refractivity (Wildman–Crippen MR) is 64.4 cm³/mol. The first-order valence-electron chi connectivity index (χ1n) is 4.74. The zero-order valence-corrected chi connectivity index (χ0v) is 10.0. The van der Waals surface area contributed by atoms with Crippen molar-refractivity contribution in [3.05, 3.63) is 29.8 Å². The number of amides is 2. The fraction of sp³-hybridized carbons (Fsp3) is 0.273. The fourth-order valence-corrected chi connectivity index (χ4v) is 1.18. The van der Waals surface area contributed by atoms with E-state index >= 15 is 0 Å². The summed E-state index contributed by atoms with van der Waals surface area (Å²) in [6.45, 7) is 3.11. The SMILES string of the molecule is CC(C)(NC(=O)c1ccc(S)cc1)C(N)=O. The molecule has 4 nitrogen and oxygen atoms in total. The van der Waals surface area contributed by atoms with E-state index < -0.39 is 11.4 Å². The van der Waals surface area contributed by atoms with Gasteiger partial charge in [-0.2, -0.15) is 0 Å². The lowest BCUT2D eigenvalue weighted by atomic mass is 10.0. The number of carbonyl (C=O) groups is 2. The third-order valence-corrected chi connectivity index (χ3v) is 2.47. The Bertz CT molecular complexity index is 412. The van der Waals surface area contributed by atoms with Crippen LogP contribution >= 0.6 is 12.6 Å². The van der Waals surface area contributed by atoms with Crippen LogP contribution in [0.5, 0.6) is 0 Å².